The van der Waals surface area contributed by atoms with Crippen LogP contribution in [0.5, 0.6) is 0 Å². The molecule has 0 fully saturated rings. The van der Waals surface area contributed by atoms with Gasteiger partial charge in [-0.25, -0.2) is 0 Å². The Labute approximate surface area is 130 Å². The summed E-state index contributed by atoms with van der Waals surface area (Å²) in [6, 6.07) is 10.9. The lowest BCUT2D eigenvalue weighted by atomic mass is 10.0. The molecule has 0 unspecified atom stereocenters. The Morgan fingerprint density at radius 1 is 1.09 bits per heavy atom. The topological polar surface area (TPSA) is 104 Å². The van der Waals surface area contributed by atoms with Crippen molar-refractivity contribution in [1.82, 2.24) is 0 Å². The number of nitrogens with zero attached hydrogens (tertiary/aromatic N) is 2. The van der Waals surface area contributed by atoms with Gasteiger partial charge in [-0.15, -0.1) is 0 Å². The van der Waals surface area contributed by atoms with Crippen LogP contribution in [0.3, 0.4) is 0 Å². The van der Waals surface area contributed by atoms with Crippen molar-refractivity contribution in [3.05, 3.63) is 69.3 Å². The Balaban J connectivity index is 2.09. The van der Waals surface area contributed by atoms with Crippen LogP contribution in [-0.4, -0.2) is 23.3 Å². The van der Waals surface area contributed by atoms with Crippen LogP contribution in [0.15, 0.2) is 42.5 Å². The predicted octanol–water partition coefficient (Wildman–Crippen LogP) is 1.16. The standard InChI is InChI=1S/C16H12N2O5/c19-15(17-9-8-10-4-1-2-6-12(10)17)11-5-3-7-13(18(22)23)14(11)16(20)21/h1-7H,8-9H2,(H,20,21)/p-1. The van der Waals surface area contributed by atoms with Gasteiger partial charge in [-0.05, 0) is 24.1 Å². The fourth-order valence-corrected chi connectivity index (χ4v) is 2.78. The van der Waals surface area contributed by atoms with E-state index in [2.05, 4.69) is 0 Å². The molecule has 3 rings (SSSR count). The van der Waals surface area contributed by atoms with Crippen LogP contribution in [-0.2, 0) is 6.42 Å². The van der Waals surface area contributed by atoms with Crippen LogP contribution in [0.25, 0.3) is 0 Å². The van der Waals surface area contributed by atoms with Crippen molar-refractivity contribution in [3.8, 4) is 0 Å². The zero-order chi connectivity index (χ0) is 16.6. The van der Waals surface area contributed by atoms with E-state index >= 15 is 0 Å². The third-order valence-electron chi connectivity index (χ3n) is 3.81. The van der Waals surface area contributed by atoms with Gasteiger partial charge in [0.1, 0.15) is 0 Å². The van der Waals surface area contributed by atoms with Gasteiger partial charge in [-0.3, -0.25) is 14.9 Å². The van der Waals surface area contributed by atoms with Crippen molar-refractivity contribution >= 4 is 23.3 Å². The number of carbonyl (C=O) groups is 2. The average Bonchev–Trinajstić information content (AvgIpc) is 2.97. The molecule has 2 aromatic rings. The lowest BCUT2D eigenvalue weighted by Gasteiger charge is -2.19. The van der Waals surface area contributed by atoms with Gasteiger partial charge in [0, 0.05) is 18.3 Å². The summed E-state index contributed by atoms with van der Waals surface area (Å²) in [5.41, 5.74) is 0.0840. The Kier molecular flexibility index (Phi) is 3.53. The van der Waals surface area contributed by atoms with Crippen molar-refractivity contribution in [2.24, 2.45) is 0 Å². The number of carboxylic acids is 1. The number of para-hydroxylation sites is 1. The summed E-state index contributed by atoms with van der Waals surface area (Å²) in [4.78, 5) is 35.7. The smallest absolute Gasteiger partial charge is 0.279 e. The fraction of sp³-hybridized carbons (Fsp3) is 0.125. The lowest BCUT2D eigenvalue weighted by molar-refractivity contribution is -0.385. The Morgan fingerprint density at radius 2 is 1.83 bits per heavy atom. The van der Waals surface area contributed by atoms with Crippen molar-refractivity contribution in [1.29, 1.82) is 0 Å². The second kappa shape index (κ2) is 5.53. The van der Waals surface area contributed by atoms with Gasteiger partial charge in [0.2, 0.25) is 0 Å². The summed E-state index contributed by atoms with van der Waals surface area (Å²) in [7, 11) is 0. The summed E-state index contributed by atoms with van der Waals surface area (Å²) in [6.07, 6.45) is 0.650. The van der Waals surface area contributed by atoms with E-state index in [4.69, 9.17) is 0 Å². The number of fused-ring (bicyclic) bond motifs is 1. The van der Waals surface area contributed by atoms with E-state index in [1.165, 1.54) is 17.0 Å². The van der Waals surface area contributed by atoms with Crippen LogP contribution in [0.2, 0.25) is 0 Å². The number of nitro groups is 1. The maximum absolute atomic E-state index is 12.7. The van der Waals surface area contributed by atoms with Crippen LogP contribution in [0.4, 0.5) is 11.4 Å². The van der Waals surface area contributed by atoms with Crippen molar-refractivity contribution < 1.29 is 19.6 Å². The first-order chi connectivity index (χ1) is 11.0. The van der Waals surface area contributed by atoms with Gasteiger partial charge in [-0.1, -0.05) is 24.3 Å². The van der Waals surface area contributed by atoms with Gasteiger partial charge < -0.3 is 14.8 Å². The maximum atomic E-state index is 12.7. The largest absolute Gasteiger partial charge is 0.545 e. The number of hydrogen-bond donors (Lipinski definition) is 0. The van der Waals surface area contributed by atoms with E-state index in [1.54, 1.807) is 12.1 Å². The summed E-state index contributed by atoms with van der Waals surface area (Å²) >= 11 is 0. The van der Waals surface area contributed by atoms with Gasteiger partial charge >= 0.3 is 0 Å². The van der Waals surface area contributed by atoms with E-state index in [-0.39, 0.29) is 5.56 Å². The highest BCUT2D eigenvalue weighted by molar-refractivity contribution is 6.13. The number of carbonyl (C=O) groups excluding carboxylic acids is 2. The second-order valence-electron chi connectivity index (χ2n) is 5.08. The number of rotatable bonds is 3. The van der Waals surface area contributed by atoms with Crippen molar-refractivity contribution in [2.75, 3.05) is 11.4 Å². The Bertz CT molecular complexity index is 831. The second-order valence-corrected chi connectivity index (χ2v) is 5.08. The van der Waals surface area contributed by atoms with Gasteiger partial charge in [-0.2, -0.15) is 0 Å². The predicted molar refractivity (Wildman–Crippen MR) is 79.2 cm³/mol. The first-order valence-corrected chi connectivity index (χ1v) is 6.89. The van der Waals surface area contributed by atoms with Gasteiger partial charge in [0.05, 0.1) is 22.0 Å². The molecule has 0 N–H and O–H groups in total. The number of anilines is 1. The molecular weight excluding hydrogens is 300 g/mol. The molecular formula is C16H11N2O5-. The molecule has 7 nitrogen and oxygen atoms in total. The molecule has 0 radical (unpaired) electrons. The number of benzene rings is 2. The molecule has 0 spiro atoms. The summed E-state index contributed by atoms with van der Waals surface area (Å²) < 4.78 is 0. The number of nitro benzene ring substituents is 1. The number of aromatic carboxylic acids is 1. The molecule has 23 heavy (non-hydrogen) atoms. The molecule has 116 valence electrons. The summed E-state index contributed by atoms with van der Waals surface area (Å²) in [5, 5.41) is 22.3. The third kappa shape index (κ3) is 2.42. The highest BCUT2D eigenvalue weighted by Gasteiger charge is 2.29. The summed E-state index contributed by atoms with van der Waals surface area (Å²) in [6.45, 7) is 0.396. The molecule has 0 atom stereocenters. The number of carboxylic acid groups (broad SMARTS) is 1. The first kappa shape index (κ1) is 14.7. The minimum Gasteiger partial charge on any atom is -0.545 e. The molecule has 1 amide bonds. The van der Waals surface area contributed by atoms with Crippen LogP contribution in [0.1, 0.15) is 26.3 Å². The van der Waals surface area contributed by atoms with E-state index in [0.717, 1.165) is 11.6 Å². The highest BCUT2D eigenvalue weighted by atomic mass is 16.6. The number of hydrogen-bond acceptors (Lipinski definition) is 5. The minimum absolute atomic E-state index is 0.240. The zero-order valence-electron chi connectivity index (χ0n) is 11.9. The normalized spacial score (nSPS) is 12.8. The fourth-order valence-electron chi connectivity index (χ4n) is 2.78. The van der Waals surface area contributed by atoms with Crippen molar-refractivity contribution in [3.63, 3.8) is 0 Å². The third-order valence-corrected chi connectivity index (χ3v) is 3.81. The molecule has 0 bridgehead atoms. The minimum atomic E-state index is -1.74. The van der Waals surface area contributed by atoms with Crippen LogP contribution < -0.4 is 10.0 Å². The molecule has 1 aliphatic rings. The molecule has 0 aliphatic carbocycles. The molecule has 2 aromatic carbocycles. The number of amides is 1. The Morgan fingerprint density at radius 3 is 2.52 bits per heavy atom. The van der Waals surface area contributed by atoms with Gasteiger partial charge in [0.15, 0.2) is 0 Å². The SMILES string of the molecule is O=C([O-])c1c(C(=O)N2CCc3ccccc32)cccc1[N+](=O)[O-]. The van der Waals surface area contributed by atoms with E-state index in [9.17, 15) is 24.8 Å². The maximum Gasteiger partial charge on any atom is 0.279 e. The van der Waals surface area contributed by atoms with E-state index in [0.29, 0.717) is 18.7 Å². The molecule has 1 heterocycles. The molecule has 0 aromatic heterocycles. The van der Waals surface area contributed by atoms with Crippen LogP contribution >= 0.6 is 0 Å². The summed E-state index contributed by atoms with van der Waals surface area (Å²) in [5.74, 6) is -2.33. The first-order valence-electron chi connectivity index (χ1n) is 6.89. The van der Waals surface area contributed by atoms with E-state index < -0.39 is 28.1 Å². The molecule has 7 heteroatoms. The zero-order valence-corrected chi connectivity index (χ0v) is 11.9. The molecule has 0 saturated carbocycles. The Hall–Kier alpha value is -3.22. The molecule has 1 aliphatic heterocycles. The monoisotopic (exact) mass is 311 g/mol. The van der Waals surface area contributed by atoms with Gasteiger partial charge in [0.25, 0.3) is 11.6 Å². The van der Waals surface area contributed by atoms with Crippen LogP contribution in [0, 0.1) is 10.1 Å². The van der Waals surface area contributed by atoms with Crippen molar-refractivity contribution in [2.45, 2.75) is 6.42 Å². The quantitative estimate of drug-likeness (QED) is 0.625. The lowest BCUT2D eigenvalue weighted by Crippen LogP contribution is -2.33. The highest BCUT2D eigenvalue weighted by Crippen LogP contribution is 2.31. The van der Waals surface area contributed by atoms with E-state index in [1.807, 2.05) is 12.1 Å². The average molecular weight is 311 g/mol. The molecule has 0 saturated heterocycles.